The van der Waals surface area contributed by atoms with E-state index in [1.54, 1.807) is 6.08 Å². The lowest BCUT2D eigenvalue weighted by molar-refractivity contribution is -0.143. The summed E-state index contributed by atoms with van der Waals surface area (Å²) in [6.45, 7) is 4.94. The molecular formula is C74H141NO5. The lowest BCUT2D eigenvalue weighted by Crippen LogP contribution is -2.45. The second-order valence-corrected chi connectivity index (χ2v) is 24.9. The number of unbranched alkanes of at least 4 members (excludes halogenated alkanes) is 53. The van der Waals surface area contributed by atoms with Crippen molar-refractivity contribution in [1.29, 1.82) is 0 Å². The summed E-state index contributed by atoms with van der Waals surface area (Å²) < 4.78 is 5.49. The van der Waals surface area contributed by atoms with Crippen LogP contribution in [0.2, 0.25) is 0 Å². The predicted octanol–water partition coefficient (Wildman–Crippen LogP) is 23.5. The summed E-state index contributed by atoms with van der Waals surface area (Å²) in [6.07, 6.45) is 89.5. The lowest BCUT2D eigenvalue weighted by atomic mass is 10.0. The van der Waals surface area contributed by atoms with Gasteiger partial charge in [0.25, 0.3) is 0 Å². The van der Waals surface area contributed by atoms with Crippen LogP contribution in [0.4, 0.5) is 0 Å². The summed E-state index contributed by atoms with van der Waals surface area (Å²) in [6, 6.07) is -0.627. The number of carbonyl (C=O) groups is 2. The molecule has 0 saturated carbocycles. The van der Waals surface area contributed by atoms with Crippen LogP contribution in [0.25, 0.3) is 0 Å². The molecule has 6 nitrogen and oxygen atoms in total. The first-order chi connectivity index (χ1) is 39.5. The second kappa shape index (κ2) is 69.6. The fourth-order valence-corrected chi connectivity index (χ4v) is 11.4. The number of aliphatic hydroxyl groups is 2. The SMILES string of the molecule is CCCCCCCCCCCCCCCC/C=C/C(O)C(CO)NC(=O)CCCCCCCCCCCCCCCCCCC/C=C\C/C=C\CCCCCCCCCCCOC(=O)CCCCCCCCCCCCCCCC. The normalized spacial score (nSPS) is 12.7. The molecule has 3 N–H and O–H groups in total. The van der Waals surface area contributed by atoms with Gasteiger partial charge in [0.15, 0.2) is 0 Å². The zero-order valence-electron chi connectivity index (χ0n) is 54.1. The highest BCUT2D eigenvalue weighted by Gasteiger charge is 2.18. The summed E-state index contributed by atoms with van der Waals surface area (Å²) in [7, 11) is 0. The molecule has 0 aromatic heterocycles. The zero-order valence-corrected chi connectivity index (χ0v) is 54.1. The Morgan fingerprint density at radius 2 is 0.625 bits per heavy atom. The first kappa shape index (κ1) is 78.1. The first-order valence-electron chi connectivity index (χ1n) is 36.3. The number of hydrogen-bond acceptors (Lipinski definition) is 5. The topological polar surface area (TPSA) is 95.9 Å². The van der Waals surface area contributed by atoms with Gasteiger partial charge in [-0.15, -0.1) is 0 Å². The van der Waals surface area contributed by atoms with Gasteiger partial charge in [0, 0.05) is 12.8 Å². The molecule has 0 bridgehead atoms. The third-order valence-corrected chi connectivity index (χ3v) is 16.9. The first-order valence-corrected chi connectivity index (χ1v) is 36.3. The van der Waals surface area contributed by atoms with E-state index in [1.165, 1.54) is 327 Å². The van der Waals surface area contributed by atoms with E-state index in [9.17, 15) is 19.8 Å². The smallest absolute Gasteiger partial charge is 0.305 e. The maximum Gasteiger partial charge on any atom is 0.305 e. The van der Waals surface area contributed by atoms with Gasteiger partial charge in [0.05, 0.1) is 25.4 Å². The second-order valence-electron chi connectivity index (χ2n) is 24.9. The highest BCUT2D eigenvalue weighted by Crippen LogP contribution is 2.19. The van der Waals surface area contributed by atoms with Gasteiger partial charge < -0.3 is 20.3 Å². The van der Waals surface area contributed by atoms with Crippen molar-refractivity contribution in [1.82, 2.24) is 5.32 Å². The Labute approximate surface area is 500 Å². The van der Waals surface area contributed by atoms with Gasteiger partial charge in [-0.3, -0.25) is 9.59 Å². The molecule has 0 rings (SSSR count). The largest absolute Gasteiger partial charge is 0.466 e. The number of hydrogen-bond donors (Lipinski definition) is 3. The minimum atomic E-state index is -0.843. The summed E-state index contributed by atoms with van der Waals surface area (Å²) in [5.74, 6) is -0.0469. The summed E-state index contributed by atoms with van der Waals surface area (Å²) >= 11 is 0. The number of nitrogens with one attached hydrogen (secondary N) is 1. The van der Waals surface area contributed by atoms with Crippen LogP contribution in [-0.4, -0.2) is 47.4 Å². The van der Waals surface area contributed by atoms with Crippen LogP contribution >= 0.6 is 0 Å². The van der Waals surface area contributed by atoms with Crippen LogP contribution in [0.1, 0.15) is 399 Å². The van der Waals surface area contributed by atoms with Crippen molar-refractivity contribution in [3.8, 4) is 0 Å². The lowest BCUT2D eigenvalue weighted by Gasteiger charge is -2.20. The summed E-state index contributed by atoms with van der Waals surface area (Å²) in [4.78, 5) is 24.6. The van der Waals surface area contributed by atoms with Gasteiger partial charge in [0.1, 0.15) is 0 Å². The van der Waals surface area contributed by atoms with Gasteiger partial charge in [-0.2, -0.15) is 0 Å². The molecule has 472 valence electrons. The minimum Gasteiger partial charge on any atom is -0.466 e. The third kappa shape index (κ3) is 65.2. The van der Waals surface area contributed by atoms with E-state index >= 15 is 0 Å². The Morgan fingerprint density at radius 3 is 0.950 bits per heavy atom. The molecule has 0 saturated heterocycles. The van der Waals surface area contributed by atoms with E-state index in [0.29, 0.717) is 19.4 Å². The number of amides is 1. The Bertz CT molecular complexity index is 1300. The number of esters is 1. The predicted molar refractivity (Wildman–Crippen MR) is 352 cm³/mol. The van der Waals surface area contributed by atoms with E-state index < -0.39 is 12.1 Å². The van der Waals surface area contributed by atoms with Crippen molar-refractivity contribution >= 4 is 11.9 Å². The average Bonchev–Trinajstić information content (AvgIpc) is 3.46. The zero-order chi connectivity index (χ0) is 57.8. The molecule has 2 unspecified atom stereocenters. The van der Waals surface area contributed by atoms with E-state index in [0.717, 1.165) is 44.9 Å². The number of rotatable bonds is 68. The quantitative estimate of drug-likeness (QED) is 0.0320. The Hall–Kier alpha value is -1.92. The molecule has 0 aromatic carbocycles. The molecule has 80 heavy (non-hydrogen) atoms. The molecule has 0 radical (unpaired) electrons. The van der Waals surface area contributed by atoms with Crippen molar-refractivity contribution in [2.75, 3.05) is 13.2 Å². The molecule has 0 aromatic rings. The molecule has 2 atom stereocenters. The van der Waals surface area contributed by atoms with E-state index in [2.05, 4.69) is 43.5 Å². The van der Waals surface area contributed by atoms with E-state index in [4.69, 9.17) is 4.74 Å². The van der Waals surface area contributed by atoms with Crippen LogP contribution in [0.15, 0.2) is 36.5 Å². The molecule has 0 heterocycles. The molecule has 0 aliphatic rings. The van der Waals surface area contributed by atoms with Gasteiger partial charge in [0.2, 0.25) is 5.91 Å². The Kier molecular flexibility index (Phi) is 67.9. The van der Waals surface area contributed by atoms with Crippen molar-refractivity contribution in [3.63, 3.8) is 0 Å². The summed E-state index contributed by atoms with van der Waals surface area (Å²) in [5, 5.41) is 23.2. The molecule has 0 fully saturated rings. The number of aliphatic hydroxyl groups excluding tert-OH is 2. The highest BCUT2D eigenvalue weighted by atomic mass is 16.5. The highest BCUT2D eigenvalue weighted by molar-refractivity contribution is 5.76. The molecule has 0 spiro atoms. The van der Waals surface area contributed by atoms with Crippen LogP contribution in [0.5, 0.6) is 0 Å². The van der Waals surface area contributed by atoms with Gasteiger partial charge >= 0.3 is 5.97 Å². The van der Waals surface area contributed by atoms with Crippen molar-refractivity contribution in [2.45, 2.75) is 411 Å². The molecule has 1 amide bonds. The Balaban J connectivity index is 3.39. The Morgan fingerprint density at radius 1 is 0.350 bits per heavy atom. The number of ether oxygens (including phenoxy) is 1. The van der Waals surface area contributed by atoms with E-state index in [-0.39, 0.29) is 18.5 Å². The van der Waals surface area contributed by atoms with Gasteiger partial charge in [-0.25, -0.2) is 0 Å². The maximum absolute atomic E-state index is 12.5. The monoisotopic (exact) mass is 1120 g/mol. The molecule has 0 aliphatic heterocycles. The van der Waals surface area contributed by atoms with E-state index in [1.807, 2.05) is 6.08 Å². The van der Waals surface area contributed by atoms with Crippen LogP contribution in [-0.2, 0) is 14.3 Å². The molecular weight excluding hydrogens is 983 g/mol. The molecule has 0 aliphatic carbocycles. The summed E-state index contributed by atoms with van der Waals surface area (Å²) in [5.41, 5.74) is 0. The number of allylic oxidation sites excluding steroid dienone is 5. The van der Waals surface area contributed by atoms with Gasteiger partial charge in [-0.1, -0.05) is 359 Å². The standard InChI is InChI=1S/C74H141NO5/c1-3-5-7-9-11-13-15-17-19-39-42-46-50-54-58-62-66-72(77)71(70-76)75-73(78)67-63-59-55-51-47-43-40-37-35-33-31-29-27-25-23-21-20-22-24-26-28-30-32-34-36-38-41-45-49-53-57-61-65-69-80-74(79)68-64-60-56-52-48-44-18-16-14-12-10-8-6-4-2/h24,26,30,32,62,66,71-72,76-77H,3-23,25,27-29,31,33-61,63-65,67-70H2,1-2H3,(H,75,78)/b26-24-,32-30-,66-62+. The van der Waals surface area contributed by atoms with Crippen molar-refractivity contribution in [2.24, 2.45) is 0 Å². The average molecular weight is 1120 g/mol. The van der Waals surface area contributed by atoms with Crippen molar-refractivity contribution in [3.05, 3.63) is 36.5 Å². The fraction of sp³-hybridized carbons (Fsp3) is 0.892. The number of carbonyl (C=O) groups excluding carboxylic acids is 2. The molecule has 6 heteroatoms. The van der Waals surface area contributed by atoms with Gasteiger partial charge in [-0.05, 0) is 64.2 Å². The third-order valence-electron chi connectivity index (χ3n) is 16.9. The minimum absolute atomic E-state index is 0.0166. The van der Waals surface area contributed by atoms with Crippen molar-refractivity contribution < 1.29 is 24.5 Å². The maximum atomic E-state index is 12.5. The van der Waals surface area contributed by atoms with Crippen LogP contribution in [0, 0.1) is 0 Å². The van der Waals surface area contributed by atoms with Crippen LogP contribution < -0.4 is 5.32 Å². The fourth-order valence-electron chi connectivity index (χ4n) is 11.4. The van der Waals surface area contributed by atoms with Crippen LogP contribution in [0.3, 0.4) is 0 Å².